The molecule has 0 fully saturated rings. The number of nitrogens with one attached hydrogen (secondary N) is 1. The van der Waals surface area contributed by atoms with Crippen molar-refractivity contribution in [2.24, 2.45) is 5.73 Å². The number of aromatic nitrogens is 1. The average molecular weight is 257 g/mol. The summed E-state index contributed by atoms with van der Waals surface area (Å²) < 4.78 is 4.85. The topological polar surface area (TPSA) is 77.2 Å². The fourth-order valence-electron chi connectivity index (χ4n) is 1.40. The second kappa shape index (κ2) is 6.68. The molecule has 0 aromatic carbocycles. The number of thiazole rings is 1. The lowest BCUT2D eigenvalue weighted by Crippen LogP contribution is -2.44. The van der Waals surface area contributed by atoms with E-state index in [-0.39, 0.29) is 18.6 Å². The zero-order valence-corrected chi connectivity index (χ0v) is 11.2. The fourth-order valence-corrected chi connectivity index (χ4v) is 2.34. The summed E-state index contributed by atoms with van der Waals surface area (Å²) in [5.74, 6) is -0.202. The molecule has 1 aromatic heterocycles. The summed E-state index contributed by atoms with van der Waals surface area (Å²) in [5.41, 5.74) is 6.63. The van der Waals surface area contributed by atoms with Crippen molar-refractivity contribution in [1.82, 2.24) is 10.3 Å². The third-order valence-electron chi connectivity index (χ3n) is 2.34. The molecule has 0 aliphatic heterocycles. The standard InChI is InChI=1S/C11H19N3O2S/c1-4-9(11-13-7(2)6-17-11)14-10(15)8(12)5-16-3/h6,8-9H,4-5,12H2,1-3H3,(H,14,15). The molecule has 0 saturated heterocycles. The number of hydrogen-bond acceptors (Lipinski definition) is 5. The van der Waals surface area contributed by atoms with Crippen molar-refractivity contribution < 1.29 is 9.53 Å². The predicted octanol–water partition coefficient (Wildman–Crippen LogP) is 0.993. The first-order valence-electron chi connectivity index (χ1n) is 5.55. The number of methoxy groups -OCH3 is 1. The maximum atomic E-state index is 11.7. The van der Waals surface area contributed by atoms with E-state index in [4.69, 9.17) is 10.5 Å². The van der Waals surface area contributed by atoms with E-state index in [9.17, 15) is 4.79 Å². The minimum Gasteiger partial charge on any atom is -0.383 e. The lowest BCUT2D eigenvalue weighted by molar-refractivity contribution is -0.124. The highest BCUT2D eigenvalue weighted by molar-refractivity contribution is 7.09. The molecule has 5 nitrogen and oxygen atoms in total. The van der Waals surface area contributed by atoms with Crippen LogP contribution in [-0.4, -0.2) is 30.6 Å². The first-order chi connectivity index (χ1) is 8.08. The van der Waals surface area contributed by atoms with Crippen LogP contribution in [0.2, 0.25) is 0 Å². The van der Waals surface area contributed by atoms with Gasteiger partial charge in [0.05, 0.1) is 12.6 Å². The maximum absolute atomic E-state index is 11.7. The highest BCUT2D eigenvalue weighted by atomic mass is 32.1. The Labute approximate surface area is 105 Å². The first kappa shape index (κ1) is 14.1. The van der Waals surface area contributed by atoms with Gasteiger partial charge in [0, 0.05) is 18.2 Å². The maximum Gasteiger partial charge on any atom is 0.239 e. The van der Waals surface area contributed by atoms with Gasteiger partial charge in [-0.3, -0.25) is 4.79 Å². The van der Waals surface area contributed by atoms with Gasteiger partial charge in [0.25, 0.3) is 0 Å². The summed E-state index contributed by atoms with van der Waals surface area (Å²) in [7, 11) is 1.52. The SMILES string of the molecule is CCC(NC(=O)C(N)COC)c1nc(C)cs1. The number of aryl methyl sites for hydroxylation is 1. The quantitative estimate of drug-likeness (QED) is 0.797. The molecular formula is C11H19N3O2S. The van der Waals surface area contributed by atoms with E-state index in [1.807, 2.05) is 19.2 Å². The zero-order valence-electron chi connectivity index (χ0n) is 10.4. The molecule has 0 saturated carbocycles. The molecule has 6 heteroatoms. The third kappa shape index (κ3) is 4.07. The van der Waals surface area contributed by atoms with Crippen LogP contribution in [0, 0.1) is 6.92 Å². The number of hydrogen-bond donors (Lipinski definition) is 2. The highest BCUT2D eigenvalue weighted by Gasteiger charge is 2.19. The number of rotatable bonds is 6. The van der Waals surface area contributed by atoms with Crippen molar-refractivity contribution in [2.45, 2.75) is 32.4 Å². The van der Waals surface area contributed by atoms with E-state index in [0.717, 1.165) is 17.1 Å². The number of carbonyl (C=O) groups is 1. The minimum atomic E-state index is -0.630. The van der Waals surface area contributed by atoms with Gasteiger partial charge in [0.15, 0.2) is 0 Å². The number of carbonyl (C=O) groups excluding carboxylic acids is 1. The van der Waals surface area contributed by atoms with Crippen LogP contribution in [0.3, 0.4) is 0 Å². The van der Waals surface area contributed by atoms with Gasteiger partial charge in [-0.25, -0.2) is 4.98 Å². The number of nitrogens with zero attached hydrogens (tertiary/aromatic N) is 1. The number of amides is 1. The Balaban J connectivity index is 2.61. The van der Waals surface area contributed by atoms with Crippen molar-refractivity contribution in [3.63, 3.8) is 0 Å². The smallest absolute Gasteiger partial charge is 0.239 e. The van der Waals surface area contributed by atoms with Crippen LogP contribution in [0.5, 0.6) is 0 Å². The highest BCUT2D eigenvalue weighted by Crippen LogP contribution is 2.20. The average Bonchev–Trinajstić information content (AvgIpc) is 2.72. The van der Waals surface area contributed by atoms with Gasteiger partial charge in [-0.05, 0) is 13.3 Å². The van der Waals surface area contributed by atoms with Gasteiger partial charge < -0.3 is 15.8 Å². The molecule has 0 radical (unpaired) electrons. The predicted molar refractivity (Wildman–Crippen MR) is 67.9 cm³/mol. The Morgan fingerprint density at radius 3 is 2.88 bits per heavy atom. The van der Waals surface area contributed by atoms with Gasteiger partial charge in [0.2, 0.25) is 5.91 Å². The summed E-state index contributed by atoms with van der Waals surface area (Å²) in [4.78, 5) is 16.1. The van der Waals surface area contributed by atoms with Crippen LogP contribution in [-0.2, 0) is 9.53 Å². The molecule has 17 heavy (non-hydrogen) atoms. The molecule has 0 spiro atoms. The summed E-state index contributed by atoms with van der Waals surface area (Å²) in [5, 5.41) is 5.78. The molecule has 0 aliphatic carbocycles. The van der Waals surface area contributed by atoms with Gasteiger partial charge in [-0.2, -0.15) is 0 Å². The second-order valence-electron chi connectivity index (χ2n) is 3.86. The summed E-state index contributed by atoms with van der Waals surface area (Å²) in [6.45, 7) is 4.16. The third-order valence-corrected chi connectivity index (χ3v) is 3.42. The van der Waals surface area contributed by atoms with Crippen LogP contribution in [0.4, 0.5) is 0 Å². The minimum absolute atomic E-state index is 0.0656. The summed E-state index contributed by atoms with van der Waals surface area (Å²) >= 11 is 1.55. The molecule has 0 aliphatic rings. The molecule has 3 N–H and O–H groups in total. The van der Waals surface area contributed by atoms with E-state index >= 15 is 0 Å². The monoisotopic (exact) mass is 257 g/mol. The number of nitrogens with two attached hydrogens (primary N) is 1. The van der Waals surface area contributed by atoms with Crippen molar-refractivity contribution in [3.8, 4) is 0 Å². The fraction of sp³-hybridized carbons (Fsp3) is 0.636. The van der Waals surface area contributed by atoms with E-state index in [0.29, 0.717) is 0 Å². The summed E-state index contributed by atoms with van der Waals surface area (Å²) in [6, 6.07) is -0.695. The second-order valence-corrected chi connectivity index (χ2v) is 4.75. The van der Waals surface area contributed by atoms with Gasteiger partial charge in [-0.15, -0.1) is 11.3 Å². The largest absolute Gasteiger partial charge is 0.383 e. The van der Waals surface area contributed by atoms with E-state index in [2.05, 4.69) is 10.3 Å². The molecule has 1 amide bonds. The van der Waals surface area contributed by atoms with E-state index < -0.39 is 6.04 Å². The van der Waals surface area contributed by atoms with Crippen LogP contribution in [0.15, 0.2) is 5.38 Å². The molecule has 1 heterocycles. The van der Waals surface area contributed by atoms with Crippen LogP contribution in [0.25, 0.3) is 0 Å². The Kier molecular flexibility index (Phi) is 5.54. The van der Waals surface area contributed by atoms with Crippen LogP contribution >= 0.6 is 11.3 Å². The molecule has 2 unspecified atom stereocenters. The van der Waals surface area contributed by atoms with Crippen LogP contribution in [0.1, 0.15) is 30.1 Å². The van der Waals surface area contributed by atoms with E-state index in [1.165, 1.54) is 7.11 Å². The lowest BCUT2D eigenvalue weighted by atomic mass is 10.2. The zero-order chi connectivity index (χ0) is 12.8. The normalized spacial score (nSPS) is 14.4. The molecule has 0 bridgehead atoms. The van der Waals surface area contributed by atoms with Crippen molar-refractivity contribution in [2.75, 3.05) is 13.7 Å². The Bertz CT molecular complexity index is 367. The van der Waals surface area contributed by atoms with Gasteiger partial charge in [-0.1, -0.05) is 6.92 Å². The molecule has 1 rings (SSSR count). The molecular weight excluding hydrogens is 238 g/mol. The van der Waals surface area contributed by atoms with E-state index in [1.54, 1.807) is 11.3 Å². The lowest BCUT2D eigenvalue weighted by Gasteiger charge is -2.17. The molecule has 96 valence electrons. The first-order valence-corrected chi connectivity index (χ1v) is 6.43. The molecule has 2 atom stereocenters. The van der Waals surface area contributed by atoms with Gasteiger partial charge >= 0.3 is 0 Å². The number of ether oxygens (including phenoxy) is 1. The van der Waals surface area contributed by atoms with Crippen molar-refractivity contribution in [3.05, 3.63) is 16.1 Å². The van der Waals surface area contributed by atoms with Crippen molar-refractivity contribution in [1.29, 1.82) is 0 Å². The van der Waals surface area contributed by atoms with Crippen molar-refractivity contribution >= 4 is 17.2 Å². The Morgan fingerprint density at radius 1 is 1.71 bits per heavy atom. The molecule has 1 aromatic rings. The van der Waals surface area contributed by atoms with Crippen LogP contribution < -0.4 is 11.1 Å². The Hall–Kier alpha value is -0.980. The Morgan fingerprint density at radius 2 is 2.41 bits per heavy atom. The van der Waals surface area contributed by atoms with Gasteiger partial charge in [0.1, 0.15) is 11.0 Å². The summed E-state index contributed by atoms with van der Waals surface area (Å²) in [6.07, 6.45) is 0.790.